The van der Waals surface area contributed by atoms with Gasteiger partial charge < -0.3 is 9.47 Å². The Morgan fingerprint density at radius 3 is 2.58 bits per heavy atom. The quantitative estimate of drug-likeness (QED) is 0.217. The van der Waals surface area contributed by atoms with E-state index in [1.165, 1.54) is 29.7 Å². The summed E-state index contributed by atoms with van der Waals surface area (Å²) in [5, 5.41) is 11.1. The lowest BCUT2D eigenvalue weighted by Gasteiger charge is -2.24. The van der Waals surface area contributed by atoms with Crippen molar-refractivity contribution in [2.75, 3.05) is 6.61 Å². The Balaban J connectivity index is 1.90. The minimum absolute atomic E-state index is 0.0947. The Labute approximate surface area is 208 Å². The van der Waals surface area contributed by atoms with Crippen LogP contribution >= 0.6 is 11.3 Å². The lowest BCUT2D eigenvalue weighted by Crippen LogP contribution is -2.39. The number of aromatic nitrogens is 1. The molecule has 11 heteroatoms. The summed E-state index contributed by atoms with van der Waals surface area (Å²) in [7, 11) is 0. The van der Waals surface area contributed by atoms with Gasteiger partial charge in [-0.3, -0.25) is 24.3 Å². The van der Waals surface area contributed by atoms with Crippen LogP contribution in [0.3, 0.4) is 0 Å². The number of fused-ring (bicyclic) bond motifs is 1. The summed E-state index contributed by atoms with van der Waals surface area (Å²) in [4.78, 5) is 53.3. The molecule has 2 aromatic carbocycles. The highest BCUT2D eigenvalue weighted by molar-refractivity contribution is 7.07. The van der Waals surface area contributed by atoms with Gasteiger partial charge in [-0.25, -0.2) is 9.79 Å². The molecule has 0 saturated carbocycles. The molecule has 0 N–H and O–H groups in total. The summed E-state index contributed by atoms with van der Waals surface area (Å²) in [5.41, 5.74) is 1.19. The van der Waals surface area contributed by atoms with Gasteiger partial charge in [-0.15, -0.1) is 0 Å². The van der Waals surface area contributed by atoms with Gasteiger partial charge >= 0.3 is 11.9 Å². The summed E-state index contributed by atoms with van der Waals surface area (Å²) in [6.07, 6.45) is 1.56. The number of esters is 2. The molecule has 2 heterocycles. The van der Waals surface area contributed by atoms with Crippen molar-refractivity contribution in [2.45, 2.75) is 26.8 Å². The minimum atomic E-state index is -0.834. The molecule has 36 heavy (non-hydrogen) atoms. The normalized spacial score (nSPS) is 15.2. The third-order valence-electron chi connectivity index (χ3n) is 5.35. The zero-order valence-corrected chi connectivity index (χ0v) is 20.4. The third kappa shape index (κ3) is 4.86. The number of hydrogen-bond donors (Lipinski definition) is 0. The molecule has 0 amide bonds. The van der Waals surface area contributed by atoms with E-state index in [-0.39, 0.29) is 17.9 Å². The van der Waals surface area contributed by atoms with E-state index in [1.807, 2.05) is 0 Å². The highest BCUT2D eigenvalue weighted by atomic mass is 32.1. The number of nitro groups is 1. The Morgan fingerprint density at radius 1 is 1.22 bits per heavy atom. The second kappa shape index (κ2) is 10.1. The van der Waals surface area contributed by atoms with Crippen LogP contribution in [-0.2, 0) is 14.3 Å². The number of thiazole rings is 1. The fourth-order valence-corrected chi connectivity index (χ4v) is 4.92. The Kier molecular flexibility index (Phi) is 6.93. The smallest absolute Gasteiger partial charge is 0.338 e. The monoisotopic (exact) mass is 507 g/mol. The topological polar surface area (TPSA) is 130 Å². The van der Waals surface area contributed by atoms with Gasteiger partial charge in [0.1, 0.15) is 5.75 Å². The lowest BCUT2D eigenvalue weighted by atomic mass is 9.96. The standard InChI is InChI=1S/C25H21N3O7S/c1-4-34-24(31)21-14(2)26-25-27(22(21)17-8-10-19(11-9-17)35-15(3)29)23(30)20(36-25)13-16-6-5-7-18(12-16)28(32)33/h5-13,22H,4H2,1-3H3/b20-13-. The van der Waals surface area contributed by atoms with E-state index < -0.39 is 28.5 Å². The van der Waals surface area contributed by atoms with Gasteiger partial charge in [-0.05, 0) is 43.2 Å². The molecule has 0 bridgehead atoms. The SMILES string of the molecule is CCOC(=O)C1=C(C)N=c2s/c(=C\c3cccc([N+](=O)[O-])c3)c(=O)n2C1c1ccc(OC(C)=O)cc1. The second-order valence-corrected chi connectivity index (χ2v) is 8.83. The van der Waals surface area contributed by atoms with Crippen LogP contribution in [0.15, 0.2) is 69.6 Å². The molecule has 1 aromatic heterocycles. The number of hydrogen-bond acceptors (Lipinski definition) is 9. The van der Waals surface area contributed by atoms with E-state index >= 15 is 0 Å². The number of ether oxygens (including phenoxy) is 2. The van der Waals surface area contributed by atoms with Gasteiger partial charge in [0, 0.05) is 19.1 Å². The Morgan fingerprint density at radius 2 is 1.94 bits per heavy atom. The number of allylic oxidation sites excluding steroid dienone is 1. The highest BCUT2D eigenvalue weighted by Crippen LogP contribution is 2.31. The molecule has 1 aliphatic rings. The van der Waals surface area contributed by atoms with Crippen LogP contribution in [0.4, 0.5) is 5.69 Å². The number of non-ortho nitro benzene ring substituents is 1. The van der Waals surface area contributed by atoms with Gasteiger partial charge in [0.05, 0.1) is 33.4 Å². The number of nitrogens with zero attached hydrogens (tertiary/aromatic N) is 3. The summed E-state index contributed by atoms with van der Waals surface area (Å²) < 4.78 is 12.1. The van der Waals surface area contributed by atoms with Crippen LogP contribution < -0.4 is 19.6 Å². The fourth-order valence-electron chi connectivity index (χ4n) is 3.87. The zero-order chi connectivity index (χ0) is 26.0. The first-order chi connectivity index (χ1) is 17.2. The van der Waals surface area contributed by atoms with Crippen LogP contribution in [0.25, 0.3) is 6.08 Å². The van der Waals surface area contributed by atoms with E-state index in [0.29, 0.717) is 31.9 Å². The predicted molar refractivity (Wildman–Crippen MR) is 131 cm³/mol. The van der Waals surface area contributed by atoms with Gasteiger partial charge in [0.2, 0.25) is 0 Å². The number of carbonyl (C=O) groups excluding carboxylic acids is 2. The van der Waals surface area contributed by atoms with Gasteiger partial charge in [-0.2, -0.15) is 0 Å². The van der Waals surface area contributed by atoms with Crippen LogP contribution in [0.2, 0.25) is 0 Å². The molecule has 184 valence electrons. The van der Waals surface area contributed by atoms with E-state index in [1.54, 1.807) is 50.3 Å². The summed E-state index contributed by atoms with van der Waals surface area (Å²) >= 11 is 1.11. The molecule has 1 aliphatic heterocycles. The average Bonchev–Trinajstić information content (AvgIpc) is 3.13. The summed E-state index contributed by atoms with van der Waals surface area (Å²) in [5.74, 6) is -0.747. The van der Waals surface area contributed by atoms with Crippen LogP contribution in [-0.4, -0.2) is 28.0 Å². The first-order valence-electron chi connectivity index (χ1n) is 10.9. The van der Waals surface area contributed by atoms with E-state index in [9.17, 15) is 24.5 Å². The van der Waals surface area contributed by atoms with Gasteiger partial charge in [0.15, 0.2) is 4.80 Å². The molecule has 0 fully saturated rings. The molecular formula is C25H21N3O7S. The molecule has 3 aromatic rings. The van der Waals surface area contributed by atoms with Crippen molar-refractivity contribution in [2.24, 2.45) is 4.99 Å². The first kappa shape index (κ1) is 24.7. The largest absolute Gasteiger partial charge is 0.463 e. The Bertz CT molecular complexity index is 1580. The maximum Gasteiger partial charge on any atom is 0.338 e. The summed E-state index contributed by atoms with van der Waals surface area (Å²) in [6, 6.07) is 11.6. The van der Waals surface area contributed by atoms with Gasteiger partial charge in [-0.1, -0.05) is 35.6 Å². The van der Waals surface area contributed by atoms with Gasteiger partial charge in [0.25, 0.3) is 11.2 Å². The zero-order valence-electron chi connectivity index (χ0n) is 19.6. The fraction of sp³-hybridized carbons (Fsp3) is 0.200. The number of benzene rings is 2. The third-order valence-corrected chi connectivity index (χ3v) is 6.34. The molecular weight excluding hydrogens is 486 g/mol. The summed E-state index contributed by atoms with van der Waals surface area (Å²) in [6.45, 7) is 4.79. The van der Waals surface area contributed by atoms with E-state index in [4.69, 9.17) is 9.47 Å². The van der Waals surface area contributed by atoms with Crippen molar-refractivity contribution < 1.29 is 24.0 Å². The molecule has 10 nitrogen and oxygen atoms in total. The van der Waals surface area contributed by atoms with Crippen molar-refractivity contribution in [3.05, 3.63) is 101 Å². The molecule has 1 atom stereocenters. The van der Waals surface area contributed by atoms with Crippen LogP contribution in [0.1, 0.15) is 37.9 Å². The predicted octanol–water partition coefficient (Wildman–Crippen LogP) is 2.63. The van der Waals surface area contributed by atoms with E-state index in [2.05, 4.69) is 4.99 Å². The Hall–Kier alpha value is -4.38. The molecule has 1 unspecified atom stereocenters. The second-order valence-electron chi connectivity index (χ2n) is 7.82. The van der Waals surface area contributed by atoms with Crippen LogP contribution in [0, 0.1) is 10.1 Å². The van der Waals surface area contributed by atoms with E-state index in [0.717, 1.165) is 11.3 Å². The molecule has 0 saturated heterocycles. The van der Waals surface area contributed by atoms with Crippen molar-refractivity contribution in [1.82, 2.24) is 4.57 Å². The number of rotatable bonds is 6. The minimum Gasteiger partial charge on any atom is -0.463 e. The molecule has 0 aliphatic carbocycles. The molecule has 0 spiro atoms. The molecule has 4 rings (SSSR count). The molecule has 0 radical (unpaired) electrons. The highest BCUT2D eigenvalue weighted by Gasteiger charge is 2.33. The number of nitro benzene ring substituents is 1. The van der Waals surface area contributed by atoms with Crippen molar-refractivity contribution >= 4 is 35.0 Å². The van der Waals surface area contributed by atoms with Crippen molar-refractivity contribution in [3.8, 4) is 5.75 Å². The number of carbonyl (C=O) groups is 2. The first-order valence-corrected chi connectivity index (χ1v) is 11.7. The van der Waals surface area contributed by atoms with Crippen molar-refractivity contribution in [3.63, 3.8) is 0 Å². The maximum absolute atomic E-state index is 13.6. The maximum atomic E-state index is 13.6. The lowest BCUT2D eigenvalue weighted by molar-refractivity contribution is -0.384. The average molecular weight is 508 g/mol. The van der Waals surface area contributed by atoms with Crippen molar-refractivity contribution in [1.29, 1.82) is 0 Å². The van der Waals surface area contributed by atoms with Crippen LogP contribution in [0.5, 0.6) is 5.75 Å².